The quantitative estimate of drug-likeness (QED) is 0.825. The van der Waals surface area contributed by atoms with Crippen LogP contribution in [0.1, 0.15) is 66.0 Å². The van der Waals surface area contributed by atoms with Gasteiger partial charge in [-0.15, -0.1) is 0 Å². The Bertz CT molecular complexity index is 1010. The number of carbonyl (C=O) groups excluding carboxylic acids is 1. The van der Waals surface area contributed by atoms with E-state index in [1.807, 2.05) is 13.0 Å². The van der Waals surface area contributed by atoms with E-state index >= 15 is 0 Å². The normalized spacial score (nSPS) is 22.7. The lowest BCUT2D eigenvalue weighted by Gasteiger charge is -2.25. The SMILES string of the molecule is Cc1nn(-c2cc(F)c(C(N)=O)c(C[C@H]3CCC[C@@H]3O)c2)c2c1C=CC(C)(C)C2. The minimum atomic E-state index is -0.778. The Hall–Kier alpha value is -2.47. The van der Waals surface area contributed by atoms with Crippen molar-refractivity contribution in [2.45, 2.75) is 59.0 Å². The van der Waals surface area contributed by atoms with E-state index in [4.69, 9.17) is 5.73 Å². The summed E-state index contributed by atoms with van der Waals surface area (Å²) in [4.78, 5) is 12.0. The highest BCUT2D eigenvalue weighted by molar-refractivity contribution is 5.95. The third-order valence-electron chi connectivity index (χ3n) is 6.28. The van der Waals surface area contributed by atoms with Crippen LogP contribution in [0.4, 0.5) is 4.39 Å². The zero-order valence-corrected chi connectivity index (χ0v) is 17.2. The second-order valence-electron chi connectivity index (χ2n) is 9.14. The number of amides is 1. The van der Waals surface area contributed by atoms with Crippen molar-refractivity contribution in [1.29, 1.82) is 0 Å². The third-order valence-corrected chi connectivity index (χ3v) is 6.28. The second kappa shape index (κ2) is 7.10. The van der Waals surface area contributed by atoms with Crippen LogP contribution < -0.4 is 5.73 Å². The van der Waals surface area contributed by atoms with E-state index in [0.717, 1.165) is 42.6 Å². The zero-order chi connectivity index (χ0) is 20.9. The standard InChI is InChI=1S/C23H28FN3O2/c1-13-17-7-8-23(2,3)12-19(17)27(26-13)16-10-15(9-14-5-4-6-20(14)28)21(22(25)29)18(24)11-16/h7-8,10-11,14,20,28H,4-6,9,12H2,1-3H3,(H2,25,29)/t14-,20+/m1/s1. The number of carbonyl (C=O) groups is 1. The fourth-order valence-electron chi connectivity index (χ4n) is 4.73. The van der Waals surface area contributed by atoms with E-state index in [2.05, 4.69) is 31.1 Å². The van der Waals surface area contributed by atoms with Gasteiger partial charge in [-0.25, -0.2) is 9.07 Å². The average molecular weight is 397 g/mol. The van der Waals surface area contributed by atoms with Gasteiger partial charge in [-0.3, -0.25) is 4.79 Å². The molecular formula is C23H28FN3O2. The molecule has 2 aromatic rings. The van der Waals surface area contributed by atoms with Crippen LogP contribution in [0.15, 0.2) is 18.2 Å². The summed E-state index contributed by atoms with van der Waals surface area (Å²) in [5.41, 5.74) is 9.52. The van der Waals surface area contributed by atoms with Gasteiger partial charge in [0, 0.05) is 11.6 Å². The molecule has 0 spiro atoms. The number of aromatic nitrogens is 2. The van der Waals surface area contributed by atoms with E-state index in [-0.39, 0.29) is 16.9 Å². The van der Waals surface area contributed by atoms with Crippen LogP contribution in [0.25, 0.3) is 11.8 Å². The maximum atomic E-state index is 15.0. The molecule has 5 nitrogen and oxygen atoms in total. The molecule has 1 aromatic carbocycles. The number of fused-ring (bicyclic) bond motifs is 1. The lowest BCUT2D eigenvalue weighted by Crippen LogP contribution is -2.22. The Morgan fingerprint density at radius 1 is 1.38 bits per heavy atom. The molecule has 1 fully saturated rings. The summed E-state index contributed by atoms with van der Waals surface area (Å²) >= 11 is 0. The molecule has 2 atom stereocenters. The van der Waals surface area contributed by atoms with Crippen molar-refractivity contribution in [3.63, 3.8) is 0 Å². The van der Waals surface area contributed by atoms with Gasteiger partial charge in [-0.1, -0.05) is 32.4 Å². The van der Waals surface area contributed by atoms with Crippen molar-refractivity contribution in [3.05, 3.63) is 52.1 Å². The summed E-state index contributed by atoms with van der Waals surface area (Å²) < 4.78 is 16.8. The number of benzene rings is 1. The zero-order valence-electron chi connectivity index (χ0n) is 17.2. The van der Waals surface area contributed by atoms with Crippen LogP contribution >= 0.6 is 0 Å². The minimum absolute atomic E-state index is 0.0119. The van der Waals surface area contributed by atoms with Crippen LogP contribution in [0.5, 0.6) is 0 Å². The fourth-order valence-corrected chi connectivity index (χ4v) is 4.73. The highest BCUT2D eigenvalue weighted by atomic mass is 19.1. The number of aliphatic hydroxyl groups is 1. The largest absolute Gasteiger partial charge is 0.393 e. The predicted molar refractivity (Wildman–Crippen MR) is 110 cm³/mol. The number of aliphatic hydroxyl groups excluding tert-OH is 1. The topological polar surface area (TPSA) is 81.1 Å². The van der Waals surface area contributed by atoms with Crippen molar-refractivity contribution in [1.82, 2.24) is 9.78 Å². The number of primary amides is 1. The maximum absolute atomic E-state index is 15.0. The monoisotopic (exact) mass is 397 g/mol. The summed E-state index contributed by atoms with van der Waals surface area (Å²) in [6.45, 7) is 6.26. The Labute approximate surface area is 170 Å². The van der Waals surface area contributed by atoms with Crippen molar-refractivity contribution < 1.29 is 14.3 Å². The molecule has 1 saturated carbocycles. The molecule has 0 radical (unpaired) electrons. The molecular weight excluding hydrogens is 369 g/mol. The maximum Gasteiger partial charge on any atom is 0.251 e. The van der Waals surface area contributed by atoms with Gasteiger partial charge >= 0.3 is 0 Å². The molecule has 0 aliphatic heterocycles. The molecule has 0 bridgehead atoms. The van der Waals surface area contributed by atoms with Gasteiger partial charge in [-0.05, 0) is 55.6 Å². The molecule has 0 saturated heterocycles. The molecule has 0 unspecified atom stereocenters. The Kier molecular flexibility index (Phi) is 4.85. The first kappa shape index (κ1) is 19.8. The van der Waals surface area contributed by atoms with E-state index in [1.165, 1.54) is 6.07 Å². The highest BCUT2D eigenvalue weighted by Crippen LogP contribution is 2.36. The molecule has 6 heteroatoms. The lowest BCUT2D eigenvalue weighted by molar-refractivity contribution is 0.0993. The number of nitrogens with zero attached hydrogens (tertiary/aromatic N) is 2. The summed E-state index contributed by atoms with van der Waals surface area (Å²) in [7, 11) is 0. The first-order chi connectivity index (χ1) is 13.7. The van der Waals surface area contributed by atoms with E-state index < -0.39 is 17.8 Å². The summed E-state index contributed by atoms with van der Waals surface area (Å²) in [5.74, 6) is -1.40. The number of rotatable bonds is 4. The molecule has 3 N–H and O–H groups in total. The first-order valence-corrected chi connectivity index (χ1v) is 10.2. The van der Waals surface area contributed by atoms with Crippen molar-refractivity contribution in [2.24, 2.45) is 17.1 Å². The third kappa shape index (κ3) is 3.62. The number of allylic oxidation sites excluding steroid dienone is 1. The number of nitrogens with two attached hydrogens (primary N) is 1. The van der Waals surface area contributed by atoms with Crippen molar-refractivity contribution in [3.8, 4) is 5.69 Å². The first-order valence-electron chi connectivity index (χ1n) is 10.2. The number of hydrogen-bond donors (Lipinski definition) is 2. The van der Waals surface area contributed by atoms with Gasteiger partial charge in [0.1, 0.15) is 5.82 Å². The van der Waals surface area contributed by atoms with Crippen LogP contribution in [0.2, 0.25) is 0 Å². The summed E-state index contributed by atoms with van der Waals surface area (Å²) in [6, 6.07) is 3.15. The second-order valence-corrected chi connectivity index (χ2v) is 9.14. The molecule has 154 valence electrons. The lowest BCUT2D eigenvalue weighted by atomic mass is 9.82. The van der Waals surface area contributed by atoms with Crippen LogP contribution in [-0.4, -0.2) is 26.9 Å². The Morgan fingerprint density at radius 3 is 2.79 bits per heavy atom. The molecule has 1 amide bonds. The van der Waals surface area contributed by atoms with Gasteiger partial charge in [0.05, 0.1) is 28.7 Å². The number of aryl methyl sites for hydroxylation is 1. The van der Waals surface area contributed by atoms with Crippen molar-refractivity contribution >= 4 is 12.0 Å². The van der Waals surface area contributed by atoms with Gasteiger partial charge < -0.3 is 10.8 Å². The average Bonchev–Trinajstić information content (AvgIpc) is 3.16. The molecule has 2 aliphatic carbocycles. The summed E-state index contributed by atoms with van der Waals surface area (Å²) in [6.07, 6.45) is 7.60. The van der Waals surface area contributed by atoms with Gasteiger partial charge in [-0.2, -0.15) is 5.10 Å². The predicted octanol–water partition coefficient (Wildman–Crippen LogP) is 3.72. The molecule has 29 heavy (non-hydrogen) atoms. The van der Waals surface area contributed by atoms with Gasteiger partial charge in [0.25, 0.3) is 5.91 Å². The molecule has 1 heterocycles. The Balaban J connectivity index is 1.82. The molecule has 2 aliphatic rings. The summed E-state index contributed by atoms with van der Waals surface area (Å²) in [5, 5.41) is 14.9. The number of halogens is 1. The highest BCUT2D eigenvalue weighted by Gasteiger charge is 2.30. The van der Waals surface area contributed by atoms with E-state index in [0.29, 0.717) is 17.7 Å². The van der Waals surface area contributed by atoms with Gasteiger partial charge in [0.15, 0.2) is 0 Å². The van der Waals surface area contributed by atoms with E-state index in [1.54, 1.807) is 4.68 Å². The fraction of sp³-hybridized carbons (Fsp3) is 0.478. The smallest absolute Gasteiger partial charge is 0.251 e. The molecule has 1 aromatic heterocycles. The number of hydrogen-bond acceptors (Lipinski definition) is 3. The minimum Gasteiger partial charge on any atom is -0.393 e. The van der Waals surface area contributed by atoms with E-state index in [9.17, 15) is 14.3 Å². The van der Waals surface area contributed by atoms with Gasteiger partial charge in [0.2, 0.25) is 0 Å². The van der Waals surface area contributed by atoms with Crippen LogP contribution in [0, 0.1) is 24.1 Å². The van der Waals surface area contributed by atoms with Crippen molar-refractivity contribution in [2.75, 3.05) is 0 Å². The Morgan fingerprint density at radius 2 is 2.14 bits per heavy atom. The van der Waals surface area contributed by atoms with Crippen LogP contribution in [0.3, 0.4) is 0 Å². The molecule has 4 rings (SSSR count). The van der Waals surface area contributed by atoms with Crippen LogP contribution in [-0.2, 0) is 12.8 Å².